The summed E-state index contributed by atoms with van der Waals surface area (Å²) >= 11 is 12.2. The van der Waals surface area contributed by atoms with Crippen LogP contribution in [0.2, 0.25) is 10.0 Å². The molecule has 0 aliphatic carbocycles. The topological polar surface area (TPSA) is 63.7 Å². The molecular weight excluding hydrogens is 452 g/mol. The number of ether oxygens (including phenoxy) is 1. The second-order valence-electron chi connectivity index (χ2n) is 7.39. The lowest BCUT2D eigenvalue weighted by Gasteiger charge is -2.31. The minimum Gasteiger partial charge on any atom is -0.481 e. The lowest BCUT2D eigenvalue weighted by Crippen LogP contribution is -2.46. The van der Waals surface area contributed by atoms with Crippen LogP contribution in [0.4, 0.5) is 4.39 Å². The Balaban J connectivity index is 1.86. The molecule has 0 unspecified atom stereocenters. The van der Waals surface area contributed by atoms with Gasteiger partial charge in [-0.3, -0.25) is 4.79 Å². The van der Waals surface area contributed by atoms with Crippen molar-refractivity contribution in [2.45, 2.75) is 39.0 Å². The minimum absolute atomic E-state index is 0.0158. The van der Waals surface area contributed by atoms with E-state index in [1.54, 1.807) is 25.1 Å². The first-order chi connectivity index (χ1) is 14.1. The van der Waals surface area contributed by atoms with Crippen molar-refractivity contribution in [1.82, 2.24) is 4.90 Å². The second-order valence-corrected chi connectivity index (χ2v) is 10.4. The smallest absolute Gasteiger partial charge is 0.263 e. The van der Waals surface area contributed by atoms with Gasteiger partial charge in [-0.25, -0.2) is 12.8 Å². The summed E-state index contributed by atoms with van der Waals surface area (Å²) < 4.78 is 44.1. The van der Waals surface area contributed by atoms with Gasteiger partial charge >= 0.3 is 0 Å². The highest BCUT2D eigenvalue weighted by Crippen LogP contribution is 2.27. The van der Waals surface area contributed by atoms with E-state index in [0.717, 1.165) is 5.56 Å². The van der Waals surface area contributed by atoms with Crippen LogP contribution in [-0.2, 0) is 21.2 Å². The van der Waals surface area contributed by atoms with Gasteiger partial charge in [-0.1, -0.05) is 29.3 Å². The van der Waals surface area contributed by atoms with Crippen LogP contribution in [0.5, 0.6) is 5.75 Å². The Labute approximate surface area is 185 Å². The molecule has 3 rings (SSSR count). The molecule has 5 nitrogen and oxygen atoms in total. The van der Waals surface area contributed by atoms with Gasteiger partial charge in [0, 0.05) is 21.7 Å². The SMILES string of the molecule is Cc1cc(O[C@H](C)C(=O)N(Cc2c(F)cccc2Cl)[C@@H]2CCS(=O)(=O)C2)ccc1Cl. The summed E-state index contributed by atoms with van der Waals surface area (Å²) in [6.07, 6.45) is -0.633. The Morgan fingerprint density at radius 3 is 2.60 bits per heavy atom. The molecule has 0 radical (unpaired) electrons. The van der Waals surface area contributed by atoms with Crippen molar-refractivity contribution in [3.8, 4) is 5.75 Å². The third-order valence-corrected chi connectivity index (χ3v) is 7.64. The molecular formula is C21H22Cl2FNO4S. The predicted octanol–water partition coefficient (Wildman–Crippen LogP) is 4.42. The van der Waals surface area contributed by atoms with Crippen molar-refractivity contribution >= 4 is 38.9 Å². The minimum atomic E-state index is -3.26. The molecule has 9 heteroatoms. The zero-order valence-corrected chi connectivity index (χ0v) is 18.9. The summed E-state index contributed by atoms with van der Waals surface area (Å²) in [5.41, 5.74) is 0.942. The van der Waals surface area contributed by atoms with Gasteiger partial charge in [0.2, 0.25) is 0 Å². The van der Waals surface area contributed by atoms with Gasteiger partial charge in [0.05, 0.1) is 18.1 Å². The van der Waals surface area contributed by atoms with Crippen LogP contribution >= 0.6 is 23.2 Å². The van der Waals surface area contributed by atoms with Gasteiger partial charge in [0.25, 0.3) is 5.91 Å². The van der Waals surface area contributed by atoms with E-state index < -0.39 is 33.7 Å². The Morgan fingerprint density at radius 1 is 1.27 bits per heavy atom. The summed E-state index contributed by atoms with van der Waals surface area (Å²) in [7, 11) is -3.26. The summed E-state index contributed by atoms with van der Waals surface area (Å²) in [4.78, 5) is 14.6. The molecule has 1 heterocycles. The van der Waals surface area contributed by atoms with Crippen LogP contribution in [0.3, 0.4) is 0 Å². The molecule has 1 aliphatic heterocycles. The van der Waals surface area contributed by atoms with Crippen molar-refractivity contribution in [3.05, 3.63) is 63.4 Å². The molecule has 2 aromatic rings. The maximum atomic E-state index is 14.4. The molecule has 0 spiro atoms. The maximum Gasteiger partial charge on any atom is 0.263 e. The van der Waals surface area contributed by atoms with Crippen molar-refractivity contribution in [2.75, 3.05) is 11.5 Å². The lowest BCUT2D eigenvalue weighted by atomic mass is 10.1. The third-order valence-electron chi connectivity index (χ3n) is 5.11. The summed E-state index contributed by atoms with van der Waals surface area (Å²) in [6.45, 7) is 3.25. The Hall–Kier alpha value is -1.83. The number of halogens is 3. The lowest BCUT2D eigenvalue weighted by molar-refractivity contribution is -0.140. The van der Waals surface area contributed by atoms with Gasteiger partial charge in [0.15, 0.2) is 15.9 Å². The van der Waals surface area contributed by atoms with Gasteiger partial charge < -0.3 is 9.64 Å². The summed E-state index contributed by atoms with van der Waals surface area (Å²) in [5, 5.41) is 0.754. The second kappa shape index (κ2) is 9.12. The molecule has 1 saturated heterocycles. The molecule has 1 amide bonds. The van der Waals surface area contributed by atoms with E-state index >= 15 is 0 Å². The first-order valence-electron chi connectivity index (χ1n) is 9.44. The fraction of sp³-hybridized carbons (Fsp3) is 0.381. The standard InChI is InChI=1S/C21H22Cl2FNO4S/c1-13-10-16(6-7-18(13)22)29-14(2)21(26)25(15-8-9-30(27,28)12-15)11-17-19(23)4-3-5-20(17)24/h3-7,10,14-15H,8-9,11-12H2,1-2H3/t14-,15-/m1/s1. The molecule has 0 bridgehead atoms. The fourth-order valence-electron chi connectivity index (χ4n) is 3.44. The highest BCUT2D eigenvalue weighted by atomic mass is 35.5. The molecule has 0 saturated carbocycles. The van der Waals surface area contributed by atoms with Crippen molar-refractivity contribution in [1.29, 1.82) is 0 Å². The highest BCUT2D eigenvalue weighted by Gasteiger charge is 2.37. The molecule has 162 valence electrons. The number of amides is 1. The number of carbonyl (C=O) groups excluding carboxylic acids is 1. The fourth-order valence-corrected chi connectivity index (χ4v) is 5.51. The average Bonchev–Trinajstić information content (AvgIpc) is 3.03. The number of sulfone groups is 1. The van der Waals surface area contributed by atoms with E-state index in [4.69, 9.17) is 27.9 Å². The van der Waals surface area contributed by atoms with Crippen molar-refractivity contribution in [2.24, 2.45) is 0 Å². The number of hydrogen-bond donors (Lipinski definition) is 0. The van der Waals surface area contributed by atoms with Crippen LogP contribution in [-0.4, -0.2) is 42.9 Å². The first-order valence-corrected chi connectivity index (χ1v) is 12.0. The monoisotopic (exact) mass is 473 g/mol. The summed E-state index contributed by atoms with van der Waals surface area (Å²) in [5.74, 6) is -0.719. The molecule has 0 N–H and O–H groups in total. The van der Waals surface area contributed by atoms with Crippen LogP contribution in [0.15, 0.2) is 36.4 Å². The van der Waals surface area contributed by atoms with E-state index in [1.807, 2.05) is 6.92 Å². The average molecular weight is 474 g/mol. The van der Waals surface area contributed by atoms with Crippen molar-refractivity contribution < 1.29 is 22.3 Å². The first kappa shape index (κ1) is 22.8. The van der Waals surface area contributed by atoms with Gasteiger partial charge in [-0.15, -0.1) is 0 Å². The normalized spacial score (nSPS) is 18.8. The Kier molecular flexibility index (Phi) is 6.95. The Morgan fingerprint density at radius 2 is 2.00 bits per heavy atom. The third kappa shape index (κ3) is 5.25. The zero-order valence-electron chi connectivity index (χ0n) is 16.6. The number of carbonyl (C=O) groups is 1. The van der Waals surface area contributed by atoms with Crippen molar-refractivity contribution in [3.63, 3.8) is 0 Å². The van der Waals surface area contributed by atoms with Crippen LogP contribution in [0.25, 0.3) is 0 Å². The van der Waals surface area contributed by atoms with Gasteiger partial charge in [-0.05, 0) is 56.2 Å². The molecule has 30 heavy (non-hydrogen) atoms. The quantitative estimate of drug-likeness (QED) is 0.622. The molecule has 2 aromatic carbocycles. The number of hydrogen-bond acceptors (Lipinski definition) is 4. The van der Waals surface area contributed by atoms with E-state index in [1.165, 1.54) is 23.1 Å². The molecule has 1 aliphatic rings. The van der Waals surface area contributed by atoms with E-state index in [-0.39, 0.29) is 35.1 Å². The summed E-state index contributed by atoms with van der Waals surface area (Å²) in [6, 6.07) is 8.72. The van der Waals surface area contributed by atoms with Crippen LogP contribution in [0.1, 0.15) is 24.5 Å². The highest BCUT2D eigenvalue weighted by molar-refractivity contribution is 7.91. The van der Waals surface area contributed by atoms with Crippen LogP contribution in [0, 0.1) is 12.7 Å². The number of aryl methyl sites for hydroxylation is 1. The molecule has 1 fully saturated rings. The van der Waals surface area contributed by atoms with E-state index in [9.17, 15) is 17.6 Å². The maximum absolute atomic E-state index is 14.4. The largest absolute Gasteiger partial charge is 0.481 e. The van der Waals surface area contributed by atoms with E-state index in [0.29, 0.717) is 10.8 Å². The molecule has 2 atom stereocenters. The van der Waals surface area contributed by atoms with Crippen LogP contribution < -0.4 is 4.74 Å². The zero-order chi connectivity index (χ0) is 22.1. The Bertz CT molecular complexity index is 1040. The van der Waals surface area contributed by atoms with E-state index in [2.05, 4.69) is 0 Å². The number of rotatable bonds is 6. The number of benzene rings is 2. The van der Waals surface area contributed by atoms with Gasteiger partial charge in [-0.2, -0.15) is 0 Å². The molecule has 0 aromatic heterocycles. The predicted molar refractivity (Wildman–Crippen MR) is 115 cm³/mol. The number of nitrogens with zero attached hydrogens (tertiary/aromatic N) is 1. The van der Waals surface area contributed by atoms with Gasteiger partial charge in [0.1, 0.15) is 11.6 Å².